The normalized spacial score (nSPS) is 22.8. The Bertz CT molecular complexity index is 343. The van der Waals surface area contributed by atoms with E-state index in [0.717, 1.165) is 12.8 Å². The van der Waals surface area contributed by atoms with Gasteiger partial charge in [-0.1, -0.05) is 26.7 Å². The standard InChI is InChI=1S/C14H25NO5/c1-3-5-13(19,6-4-2)9-11(16)15-14(12(17)18)7-8-20-10-14/h19H,3-10H2,1-2H3,(H,15,16)(H,17,18). The summed E-state index contributed by atoms with van der Waals surface area (Å²) in [6.07, 6.45) is 2.81. The molecular formula is C14H25NO5. The van der Waals surface area contributed by atoms with Gasteiger partial charge in [0.25, 0.3) is 0 Å². The van der Waals surface area contributed by atoms with E-state index < -0.39 is 23.0 Å². The second-order valence-electron chi connectivity index (χ2n) is 5.64. The molecule has 116 valence electrons. The SMILES string of the molecule is CCCC(O)(CCC)CC(=O)NC1(C(=O)O)CCOC1. The van der Waals surface area contributed by atoms with Crippen LogP contribution in [-0.2, 0) is 14.3 Å². The third kappa shape index (κ3) is 4.18. The van der Waals surface area contributed by atoms with Gasteiger partial charge in [-0.05, 0) is 12.8 Å². The third-order valence-electron chi connectivity index (χ3n) is 3.73. The Labute approximate surface area is 119 Å². The smallest absolute Gasteiger partial charge is 0.331 e. The van der Waals surface area contributed by atoms with Crippen molar-refractivity contribution >= 4 is 11.9 Å². The van der Waals surface area contributed by atoms with E-state index in [1.165, 1.54) is 0 Å². The van der Waals surface area contributed by atoms with Gasteiger partial charge in [-0.2, -0.15) is 0 Å². The Morgan fingerprint density at radius 2 is 1.90 bits per heavy atom. The highest BCUT2D eigenvalue weighted by Crippen LogP contribution is 2.25. The largest absolute Gasteiger partial charge is 0.479 e. The number of aliphatic hydroxyl groups is 1. The van der Waals surface area contributed by atoms with Gasteiger partial charge in [0.2, 0.25) is 5.91 Å². The molecule has 0 aromatic heterocycles. The average Bonchev–Trinajstić information content (AvgIpc) is 2.78. The maximum atomic E-state index is 12.1. The second-order valence-corrected chi connectivity index (χ2v) is 5.64. The van der Waals surface area contributed by atoms with E-state index >= 15 is 0 Å². The molecule has 0 radical (unpaired) electrons. The van der Waals surface area contributed by atoms with Crippen LogP contribution in [0.1, 0.15) is 52.4 Å². The molecule has 3 N–H and O–H groups in total. The summed E-state index contributed by atoms with van der Waals surface area (Å²) in [5, 5.41) is 22.2. The topological polar surface area (TPSA) is 95.9 Å². The number of nitrogens with one attached hydrogen (secondary N) is 1. The Hall–Kier alpha value is -1.14. The number of carbonyl (C=O) groups excluding carboxylic acids is 1. The van der Waals surface area contributed by atoms with Crippen molar-refractivity contribution in [3.63, 3.8) is 0 Å². The lowest BCUT2D eigenvalue weighted by molar-refractivity contribution is -0.148. The Morgan fingerprint density at radius 3 is 2.30 bits per heavy atom. The average molecular weight is 287 g/mol. The highest BCUT2D eigenvalue weighted by atomic mass is 16.5. The highest BCUT2D eigenvalue weighted by molar-refractivity contribution is 5.87. The minimum absolute atomic E-state index is 0.0198. The molecule has 1 rings (SSSR count). The number of carboxylic acids is 1. The van der Waals surface area contributed by atoms with Gasteiger partial charge < -0.3 is 20.3 Å². The summed E-state index contributed by atoms with van der Waals surface area (Å²) in [7, 11) is 0. The van der Waals surface area contributed by atoms with Crippen LogP contribution in [0.25, 0.3) is 0 Å². The van der Waals surface area contributed by atoms with E-state index in [4.69, 9.17) is 4.74 Å². The van der Waals surface area contributed by atoms with Crippen LogP contribution in [0.15, 0.2) is 0 Å². The van der Waals surface area contributed by atoms with Gasteiger partial charge in [-0.25, -0.2) is 4.79 Å². The number of carbonyl (C=O) groups is 2. The fourth-order valence-electron chi connectivity index (χ4n) is 2.73. The minimum Gasteiger partial charge on any atom is -0.479 e. The Kier molecular flexibility index (Phi) is 5.95. The number of hydrogen-bond donors (Lipinski definition) is 3. The predicted molar refractivity (Wildman–Crippen MR) is 73.3 cm³/mol. The lowest BCUT2D eigenvalue weighted by Gasteiger charge is -2.30. The van der Waals surface area contributed by atoms with Crippen LogP contribution in [0.3, 0.4) is 0 Å². The van der Waals surface area contributed by atoms with Gasteiger partial charge in [0, 0.05) is 13.0 Å². The van der Waals surface area contributed by atoms with Gasteiger partial charge in [0.05, 0.1) is 18.6 Å². The molecule has 1 heterocycles. The molecule has 1 aliphatic heterocycles. The summed E-state index contributed by atoms with van der Waals surface area (Å²) >= 11 is 0. The number of aliphatic carboxylic acids is 1. The maximum Gasteiger partial charge on any atom is 0.331 e. The van der Waals surface area contributed by atoms with Crippen LogP contribution in [0.5, 0.6) is 0 Å². The number of rotatable bonds is 8. The van der Waals surface area contributed by atoms with Crippen LogP contribution >= 0.6 is 0 Å². The summed E-state index contributed by atoms with van der Waals surface area (Å²) in [5.74, 6) is -1.51. The van der Waals surface area contributed by atoms with Crippen molar-refractivity contribution in [2.75, 3.05) is 13.2 Å². The molecule has 1 unspecified atom stereocenters. The molecule has 0 saturated carbocycles. The van der Waals surface area contributed by atoms with Crippen molar-refractivity contribution < 1.29 is 24.5 Å². The lowest BCUT2D eigenvalue weighted by Crippen LogP contribution is -2.56. The first kappa shape index (κ1) is 16.9. The molecule has 20 heavy (non-hydrogen) atoms. The quantitative estimate of drug-likeness (QED) is 0.620. The van der Waals surface area contributed by atoms with Gasteiger partial charge in [0.15, 0.2) is 5.54 Å². The summed E-state index contributed by atoms with van der Waals surface area (Å²) in [4.78, 5) is 23.4. The monoisotopic (exact) mass is 287 g/mol. The molecule has 0 aromatic carbocycles. The summed E-state index contributed by atoms with van der Waals surface area (Å²) < 4.78 is 5.09. The fraction of sp³-hybridized carbons (Fsp3) is 0.857. The first-order valence-corrected chi connectivity index (χ1v) is 7.22. The molecule has 0 aliphatic carbocycles. The van der Waals surface area contributed by atoms with Crippen LogP contribution in [0, 0.1) is 0 Å². The van der Waals surface area contributed by atoms with E-state index in [9.17, 15) is 19.8 Å². The van der Waals surface area contributed by atoms with Crippen LogP contribution in [0.4, 0.5) is 0 Å². The molecular weight excluding hydrogens is 262 g/mol. The first-order chi connectivity index (χ1) is 9.37. The van der Waals surface area contributed by atoms with Crippen molar-refractivity contribution in [2.45, 2.75) is 63.5 Å². The predicted octanol–water partition coefficient (Wildman–Crippen LogP) is 1.07. The fourth-order valence-corrected chi connectivity index (χ4v) is 2.73. The van der Waals surface area contributed by atoms with Gasteiger partial charge >= 0.3 is 5.97 Å². The molecule has 0 bridgehead atoms. The minimum atomic E-state index is -1.34. The molecule has 0 spiro atoms. The second kappa shape index (κ2) is 7.04. The zero-order valence-corrected chi connectivity index (χ0v) is 12.3. The molecule has 1 aliphatic rings. The first-order valence-electron chi connectivity index (χ1n) is 7.22. The van der Waals surface area contributed by atoms with Gasteiger partial charge in [0.1, 0.15) is 0 Å². The molecule has 0 aromatic rings. The van der Waals surface area contributed by atoms with E-state index in [2.05, 4.69) is 5.32 Å². The molecule has 1 amide bonds. The van der Waals surface area contributed by atoms with Crippen molar-refractivity contribution in [3.8, 4) is 0 Å². The summed E-state index contributed by atoms with van der Waals surface area (Å²) in [6.45, 7) is 4.19. The van der Waals surface area contributed by atoms with Gasteiger partial charge in [-0.3, -0.25) is 4.79 Å². The Morgan fingerprint density at radius 1 is 1.30 bits per heavy atom. The van der Waals surface area contributed by atoms with Crippen molar-refractivity contribution in [1.29, 1.82) is 0 Å². The Balaban J connectivity index is 2.67. The molecule has 1 fully saturated rings. The molecule has 6 nitrogen and oxygen atoms in total. The maximum absolute atomic E-state index is 12.1. The zero-order chi connectivity index (χ0) is 15.2. The number of amides is 1. The third-order valence-corrected chi connectivity index (χ3v) is 3.73. The van der Waals surface area contributed by atoms with Crippen molar-refractivity contribution in [3.05, 3.63) is 0 Å². The summed E-state index contributed by atoms with van der Waals surface area (Å²) in [6, 6.07) is 0. The zero-order valence-electron chi connectivity index (χ0n) is 12.3. The molecule has 1 saturated heterocycles. The number of ether oxygens (including phenoxy) is 1. The van der Waals surface area contributed by atoms with Crippen molar-refractivity contribution in [2.24, 2.45) is 0 Å². The van der Waals surface area contributed by atoms with E-state index in [1.807, 2.05) is 13.8 Å². The van der Waals surface area contributed by atoms with Crippen molar-refractivity contribution in [1.82, 2.24) is 5.32 Å². The van der Waals surface area contributed by atoms with Gasteiger partial charge in [-0.15, -0.1) is 0 Å². The number of carboxylic acid groups (broad SMARTS) is 1. The van der Waals surface area contributed by atoms with Crippen LogP contribution < -0.4 is 5.32 Å². The molecule has 1 atom stereocenters. The van der Waals surface area contributed by atoms with E-state index in [-0.39, 0.29) is 19.4 Å². The van der Waals surface area contributed by atoms with Crippen LogP contribution in [-0.4, -0.2) is 46.4 Å². The lowest BCUT2D eigenvalue weighted by atomic mass is 9.88. The van der Waals surface area contributed by atoms with E-state index in [1.54, 1.807) is 0 Å². The van der Waals surface area contributed by atoms with Crippen LogP contribution in [0.2, 0.25) is 0 Å². The molecule has 6 heteroatoms. The summed E-state index contributed by atoms with van der Waals surface area (Å²) in [5.41, 5.74) is -2.39. The van der Waals surface area contributed by atoms with E-state index in [0.29, 0.717) is 19.4 Å². The highest BCUT2D eigenvalue weighted by Gasteiger charge is 2.44. The number of hydrogen-bond acceptors (Lipinski definition) is 4.